The van der Waals surface area contributed by atoms with Crippen LogP contribution in [-0.4, -0.2) is 28.9 Å². The fraction of sp³-hybridized carbons (Fsp3) is 0.136. The van der Waals surface area contributed by atoms with E-state index in [4.69, 9.17) is 0 Å². The highest BCUT2D eigenvalue weighted by molar-refractivity contribution is 6.02. The van der Waals surface area contributed by atoms with Gasteiger partial charge in [-0.25, -0.2) is 9.48 Å². The summed E-state index contributed by atoms with van der Waals surface area (Å²) in [6, 6.07) is 16.6. The minimum atomic E-state index is -0.550. The van der Waals surface area contributed by atoms with Crippen LogP contribution in [0.2, 0.25) is 0 Å². The summed E-state index contributed by atoms with van der Waals surface area (Å²) in [6.45, 7) is 3.88. The number of para-hydroxylation sites is 1. The number of carbonyl (C=O) groups excluding carboxylic acids is 2. The number of anilines is 2. The fourth-order valence-electron chi connectivity index (χ4n) is 2.87. The summed E-state index contributed by atoms with van der Waals surface area (Å²) in [4.78, 5) is 23.5. The second kappa shape index (κ2) is 8.88. The van der Waals surface area contributed by atoms with Crippen LogP contribution in [0.4, 0.5) is 16.2 Å². The first-order valence-corrected chi connectivity index (χ1v) is 9.03. The van der Waals surface area contributed by atoms with Crippen molar-refractivity contribution in [1.82, 2.24) is 9.78 Å². The van der Waals surface area contributed by atoms with Gasteiger partial charge in [-0.15, -0.1) is 0 Å². The van der Waals surface area contributed by atoms with Gasteiger partial charge in [0, 0.05) is 28.7 Å². The molecule has 0 unspecified atom stereocenters. The third kappa shape index (κ3) is 4.90. The second-order valence-electron chi connectivity index (χ2n) is 6.35. The number of amides is 2. The molecular weight excluding hydrogens is 368 g/mol. The van der Waals surface area contributed by atoms with Crippen molar-refractivity contribution in [3.8, 4) is 5.69 Å². The van der Waals surface area contributed by atoms with E-state index >= 15 is 0 Å². The standard InChI is InChI=1S/C22H22N4O3/c1-15-20(16(2)26(25-15)19-7-5-4-6-8-19)13-14-21(27)23-17-9-11-18(12-10-17)24-22(28)29-3/h4-14H,1-3H3,(H,23,27)(H,24,28)/b14-13+. The van der Waals surface area contributed by atoms with Crippen molar-refractivity contribution < 1.29 is 14.3 Å². The van der Waals surface area contributed by atoms with Crippen molar-refractivity contribution in [2.24, 2.45) is 0 Å². The summed E-state index contributed by atoms with van der Waals surface area (Å²) in [6.07, 6.45) is 2.69. The van der Waals surface area contributed by atoms with E-state index in [1.807, 2.05) is 48.9 Å². The Hall–Kier alpha value is -3.87. The van der Waals surface area contributed by atoms with Gasteiger partial charge in [0.25, 0.3) is 0 Å². The number of nitrogens with zero attached hydrogens (tertiary/aromatic N) is 2. The fourth-order valence-corrected chi connectivity index (χ4v) is 2.87. The number of hydrogen-bond acceptors (Lipinski definition) is 4. The van der Waals surface area contributed by atoms with Gasteiger partial charge in [-0.1, -0.05) is 18.2 Å². The van der Waals surface area contributed by atoms with Crippen LogP contribution < -0.4 is 10.6 Å². The molecule has 1 heterocycles. The lowest BCUT2D eigenvalue weighted by molar-refractivity contribution is -0.111. The van der Waals surface area contributed by atoms with Gasteiger partial charge in [0.15, 0.2) is 0 Å². The van der Waals surface area contributed by atoms with Crippen molar-refractivity contribution in [2.45, 2.75) is 13.8 Å². The molecular formula is C22H22N4O3. The first-order valence-electron chi connectivity index (χ1n) is 9.03. The number of aromatic nitrogens is 2. The van der Waals surface area contributed by atoms with Gasteiger partial charge in [0.05, 0.1) is 18.5 Å². The zero-order valence-electron chi connectivity index (χ0n) is 16.5. The number of ether oxygens (including phenoxy) is 1. The molecule has 0 atom stereocenters. The Balaban J connectivity index is 1.68. The van der Waals surface area contributed by atoms with Crippen molar-refractivity contribution >= 4 is 29.5 Å². The monoisotopic (exact) mass is 390 g/mol. The normalized spacial score (nSPS) is 10.7. The number of nitrogens with one attached hydrogen (secondary N) is 2. The molecule has 1 aromatic heterocycles. The van der Waals surface area contributed by atoms with Gasteiger partial charge >= 0.3 is 6.09 Å². The number of methoxy groups -OCH3 is 1. The minimum absolute atomic E-state index is 0.259. The quantitative estimate of drug-likeness (QED) is 0.636. The molecule has 7 heteroatoms. The van der Waals surface area contributed by atoms with E-state index < -0.39 is 6.09 Å². The molecule has 0 fully saturated rings. The Kier molecular flexibility index (Phi) is 6.09. The highest BCUT2D eigenvalue weighted by atomic mass is 16.5. The molecule has 0 aliphatic carbocycles. The van der Waals surface area contributed by atoms with Gasteiger partial charge < -0.3 is 10.1 Å². The van der Waals surface area contributed by atoms with E-state index in [1.165, 1.54) is 13.2 Å². The zero-order chi connectivity index (χ0) is 20.8. The third-order valence-corrected chi connectivity index (χ3v) is 4.33. The Morgan fingerprint density at radius 2 is 1.59 bits per heavy atom. The summed E-state index contributed by atoms with van der Waals surface area (Å²) in [5.41, 5.74) is 4.86. The molecule has 0 radical (unpaired) electrons. The molecule has 0 aliphatic rings. The van der Waals surface area contributed by atoms with Gasteiger partial charge in [0.2, 0.25) is 5.91 Å². The van der Waals surface area contributed by atoms with Gasteiger partial charge in [-0.05, 0) is 56.3 Å². The Morgan fingerprint density at radius 1 is 0.966 bits per heavy atom. The zero-order valence-corrected chi connectivity index (χ0v) is 16.5. The molecule has 0 bridgehead atoms. The van der Waals surface area contributed by atoms with Crippen molar-refractivity contribution in [3.63, 3.8) is 0 Å². The first kappa shape index (κ1) is 19.9. The number of benzene rings is 2. The first-order chi connectivity index (χ1) is 14.0. The van der Waals surface area contributed by atoms with Gasteiger partial charge in [-0.3, -0.25) is 10.1 Å². The summed E-state index contributed by atoms with van der Waals surface area (Å²) >= 11 is 0. The van der Waals surface area contributed by atoms with Gasteiger partial charge in [0.1, 0.15) is 0 Å². The summed E-state index contributed by atoms with van der Waals surface area (Å²) < 4.78 is 6.40. The lowest BCUT2D eigenvalue weighted by Crippen LogP contribution is -2.11. The lowest BCUT2D eigenvalue weighted by Gasteiger charge is -2.06. The van der Waals surface area contributed by atoms with Gasteiger partial charge in [-0.2, -0.15) is 5.10 Å². The summed E-state index contributed by atoms with van der Waals surface area (Å²) in [5, 5.41) is 9.91. The van der Waals surface area contributed by atoms with E-state index in [9.17, 15) is 9.59 Å². The predicted molar refractivity (Wildman–Crippen MR) is 113 cm³/mol. The van der Waals surface area contributed by atoms with Crippen LogP contribution in [0.3, 0.4) is 0 Å². The molecule has 2 N–H and O–H groups in total. The number of aryl methyl sites for hydroxylation is 1. The minimum Gasteiger partial charge on any atom is -0.453 e. The van der Waals surface area contributed by atoms with Crippen LogP contribution in [0.25, 0.3) is 11.8 Å². The average molecular weight is 390 g/mol. The van der Waals surface area contributed by atoms with E-state index in [0.717, 1.165) is 22.6 Å². The van der Waals surface area contributed by atoms with E-state index in [-0.39, 0.29) is 5.91 Å². The maximum atomic E-state index is 12.3. The van der Waals surface area contributed by atoms with Crippen LogP contribution in [0, 0.1) is 13.8 Å². The Morgan fingerprint density at radius 3 is 2.21 bits per heavy atom. The molecule has 2 aromatic carbocycles. The molecule has 3 rings (SSSR count). The van der Waals surface area contributed by atoms with Crippen LogP contribution in [0.1, 0.15) is 17.0 Å². The predicted octanol–water partition coefficient (Wildman–Crippen LogP) is 4.32. The second-order valence-corrected chi connectivity index (χ2v) is 6.35. The topological polar surface area (TPSA) is 85.2 Å². The maximum absolute atomic E-state index is 12.3. The van der Waals surface area contributed by atoms with Crippen LogP contribution in [0.5, 0.6) is 0 Å². The molecule has 0 saturated heterocycles. The van der Waals surface area contributed by atoms with Crippen LogP contribution >= 0.6 is 0 Å². The molecule has 29 heavy (non-hydrogen) atoms. The number of hydrogen-bond donors (Lipinski definition) is 2. The summed E-state index contributed by atoms with van der Waals surface area (Å²) in [7, 11) is 1.29. The number of rotatable bonds is 5. The Labute approximate surface area is 169 Å². The Bertz CT molecular complexity index is 1040. The maximum Gasteiger partial charge on any atom is 0.411 e. The van der Waals surface area contributed by atoms with Crippen molar-refractivity contribution in [3.05, 3.63) is 77.6 Å². The SMILES string of the molecule is COC(=O)Nc1ccc(NC(=O)/C=C/c2c(C)nn(-c3ccccc3)c2C)cc1. The highest BCUT2D eigenvalue weighted by Crippen LogP contribution is 2.19. The third-order valence-electron chi connectivity index (χ3n) is 4.33. The number of carbonyl (C=O) groups is 2. The smallest absolute Gasteiger partial charge is 0.411 e. The largest absolute Gasteiger partial charge is 0.453 e. The molecule has 7 nitrogen and oxygen atoms in total. The average Bonchev–Trinajstić information content (AvgIpc) is 3.02. The molecule has 2 amide bonds. The van der Waals surface area contributed by atoms with E-state index in [0.29, 0.717) is 11.4 Å². The molecule has 3 aromatic rings. The van der Waals surface area contributed by atoms with Crippen LogP contribution in [-0.2, 0) is 9.53 Å². The van der Waals surface area contributed by atoms with Crippen LogP contribution in [0.15, 0.2) is 60.7 Å². The van der Waals surface area contributed by atoms with E-state index in [1.54, 1.807) is 30.3 Å². The van der Waals surface area contributed by atoms with Crippen molar-refractivity contribution in [2.75, 3.05) is 17.7 Å². The molecule has 148 valence electrons. The molecule has 0 saturated carbocycles. The lowest BCUT2D eigenvalue weighted by atomic mass is 10.2. The summed E-state index contributed by atoms with van der Waals surface area (Å²) in [5.74, 6) is -0.259. The van der Waals surface area contributed by atoms with E-state index in [2.05, 4.69) is 20.5 Å². The highest BCUT2D eigenvalue weighted by Gasteiger charge is 2.11. The van der Waals surface area contributed by atoms with Crippen molar-refractivity contribution in [1.29, 1.82) is 0 Å². The molecule has 0 spiro atoms. The molecule has 0 aliphatic heterocycles.